The lowest BCUT2D eigenvalue weighted by Crippen LogP contribution is -2.04. The molecule has 0 bridgehead atoms. The Kier molecular flexibility index (Phi) is 13.2. The maximum Gasteiger partial charge on any atom is 0.0379 e. The summed E-state index contributed by atoms with van der Waals surface area (Å²) in [6, 6.07) is 9.52. The van der Waals surface area contributed by atoms with Crippen molar-refractivity contribution >= 4 is 11.4 Å². The lowest BCUT2D eigenvalue weighted by atomic mass is 9.89. The van der Waals surface area contributed by atoms with Crippen LogP contribution < -0.4 is 11.5 Å². The van der Waals surface area contributed by atoms with E-state index >= 15 is 0 Å². The predicted molar refractivity (Wildman–Crippen MR) is 154 cm³/mol. The molecule has 2 aromatic rings. The van der Waals surface area contributed by atoms with E-state index in [2.05, 4.69) is 52.0 Å². The number of benzene rings is 2. The van der Waals surface area contributed by atoms with E-state index in [0.29, 0.717) is 0 Å². The van der Waals surface area contributed by atoms with E-state index < -0.39 is 0 Å². The molecule has 0 fully saturated rings. The molecule has 2 aromatic carbocycles. The maximum atomic E-state index is 6.72. The molecular weight excluding hydrogens is 412 g/mol. The van der Waals surface area contributed by atoms with Crippen molar-refractivity contribution < 1.29 is 0 Å². The van der Waals surface area contributed by atoms with Crippen LogP contribution in [0.25, 0.3) is 11.1 Å². The van der Waals surface area contributed by atoms with Crippen molar-refractivity contribution in [2.45, 2.75) is 130 Å². The SMILES string of the molecule is CCCCCc1cc(-c2cc(CCCCC)c(N)c(CCCCC)c2)cc(CCCCC)c1N. The van der Waals surface area contributed by atoms with Gasteiger partial charge in [-0.1, -0.05) is 79.1 Å². The Labute approximate surface area is 210 Å². The molecule has 0 aliphatic carbocycles. The molecular formula is C32H52N2. The standard InChI is InChI=1S/C32H52N2/c1-5-9-13-17-25-21-29(22-26(31(25)33)18-14-10-6-2)30-23-27(19-15-11-7-3)32(34)28(24-30)20-16-12-8-4/h21-24H,5-20,33-34H2,1-4H3. The average molecular weight is 465 g/mol. The van der Waals surface area contributed by atoms with E-state index in [1.165, 1.54) is 110 Å². The van der Waals surface area contributed by atoms with Crippen LogP contribution in [0.1, 0.15) is 127 Å². The lowest BCUT2D eigenvalue weighted by molar-refractivity contribution is 0.710. The Morgan fingerprint density at radius 1 is 0.412 bits per heavy atom. The molecule has 0 aromatic heterocycles. The number of nitrogen functional groups attached to an aromatic ring is 2. The third kappa shape index (κ3) is 8.67. The van der Waals surface area contributed by atoms with Crippen LogP contribution in [0.3, 0.4) is 0 Å². The van der Waals surface area contributed by atoms with Crippen LogP contribution in [0.2, 0.25) is 0 Å². The molecule has 0 saturated carbocycles. The second kappa shape index (κ2) is 15.8. The van der Waals surface area contributed by atoms with Gasteiger partial charge in [-0.05, 0) is 109 Å². The molecule has 0 aliphatic rings. The highest BCUT2D eigenvalue weighted by atomic mass is 14.6. The molecule has 0 unspecified atom stereocenters. The first-order chi connectivity index (χ1) is 16.5. The van der Waals surface area contributed by atoms with Gasteiger partial charge in [0.15, 0.2) is 0 Å². The van der Waals surface area contributed by atoms with Gasteiger partial charge in [0, 0.05) is 11.4 Å². The maximum absolute atomic E-state index is 6.72. The van der Waals surface area contributed by atoms with Crippen molar-refractivity contribution in [3.05, 3.63) is 46.5 Å². The van der Waals surface area contributed by atoms with Crippen LogP contribution >= 0.6 is 0 Å². The molecule has 0 heterocycles. The summed E-state index contributed by atoms with van der Waals surface area (Å²) in [6.07, 6.45) is 19.2. The number of anilines is 2. The summed E-state index contributed by atoms with van der Waals surface area (Å²) in [6.45, 7) is 9.07. The Bertz CT molecular complexity index is 719. The van der Waals surface area contributed by atoms with Gasteiger partial charge in [-0.15, -0.1) is 0 Å². The van der Waals surface area contributed by atoms with Crippen molar-refractivity contribution in [3.63, 3.8) is 0 Å². The van der Waals surface area contributed by atoms with Crippen molar-refractivity contribution in [2.24, 2.45) is 0 Å². The zero-order chi connectivity index (χ0) is 24.8. The van der Waals surface area contributed by atoms with Gasteiger partial charge in [0.05, 0.1) is 0 Å². The van der Waals surface area contributed by atoms with E-state index in [1.807, 2.05) is 0 Å². The fourth-order valence-electron chi connectivity index (χ4n) is 4.98. The average Bonchev–Trinajstić information content (AvgIpc) is 2.83. The van der Waals surface area contributed by atoms with Crippen LogP contribution in [-0.4, -0.2) is 0 Å². The van der Waals surface area contributed by atoms with Crippen LogP contribution in [0.5, 0.6) is 0 Å². The second-order valence-electron chi connectivity index (χ2n) is 10.2. The van der Waals surface area contributed by atoms with Crippen LogP contribution in [0.15, 0.2) is 24.3 Å². The van der Waals surface area contributed by atoms with Crippen LogP contribution in [0.4, 0.5) is 11.4 Å². The molecule has 2 nitrogen and oxygen atoms in total. The van der Waals surface area contributed by atoms with E-state index in [4.69, 9.17) is 11.5 Å². The Balaban J connectivity index is 2.49. The largest absolute Gasteiger partial charge is 0.398 e. The third-order valence-corrected chi connectivity index (χ3v) is 7.23. The minimum absolute atomic E-state index is 1.04. The fraction of sp³-hybridized carbons (Fsp3) is 0.625. The summed E-state index contributed by atoms with van der Waals surface area (Å²) in [5, 5.41) is 0. The van der Waals surface area contributed by atoms with E-state index in [1.54, 1.807) is 0 Å². The monoisotopic (exact) mass is 464 g/mol. The quantitative estimate of drug-likeness (QED) is 0.181. The molecule has 4 N–H and O–H groups in total. The highest BCUT2D eigenvalue weighted by Gasteiger charge is 2.14. The summed E-state index contributed by atoms with van der Waals surface area (Å²) in [7, 11) is 0. The molecule has 190 valence electrons. The molecule has 34 heavy (non-hydrogen) atoms. The molecule has 0 atom stereocenters. The van der Waals surface area contributed by atoms with Crippen LogP contribution in [0, 0.1) is 0 Å². The third-order valence-electron chi connectivity index (χ3n) is 7.23. The first-order valence-electron chi connectivity index (χ1n) is 14.4. The van der Waals surface area contributed by atoms with Crippen molar-refractivity contribution in [3.8, 4) is 11.1 Å². The highest BCUT2D eigenvalue weighted by molar-refractivity contribution is 5.74. The smallest absolute Gasteiger partial charge is 0.0379 e. The molecule has 0 saturated heterocycles. The first kappa shape index (κ1) is 28.3. The van der Waals surface area contributed by atoms with Gasteiger partial charge < -0.3 is 11.5 Å². The van der Waals surface area contributed by atoms with Gasteiger partial charge in [0.1, 0.15) is 0 Å². The van der Waals surface area contributed by atoms with Crippen molar-refractivity contribution in [1.29, 1.82) is 0 Å². The topological polar surface area (TPSA) is 52.0 Å². The van der Waals surface area contributed by atoms with Gasteiger partial charge in [-0.3, -0.25) is 0 Å². The highest BCUT2D eigenvalue weighted by Crippen LogP contribution is 2.34. The molecule has 0 aliphatic heterocycles. The summed E-state index contributed by atoms with van der Waals surface area (Å²) in [5.74, 6) is 0. The minimum atomic E-state index is 1.04. The van der Waals surface area contributed by atoms with E-state index in [0.717, 1.165) is 37.1 Å². The Morgan fingerprint density at radius 3 is 0.853 bits per heavy atom. The Morgan fingerprint density at radius 2 is 0.647 bits per heavy atom. The lowest BCUT2D eigenvalue weighted by Gasteiger charge is -2.18. The molecule has 2 rings (SSSR count). The minimum Gasteiger partial charge on any atom is -0.398 e. The molecule has 0 spiro atoms. The van der Waals surface area contributed by atoms with Gasteiger partial charge in [0.2, 0.25) is 0 Å². The number of hydrogen-bond acceptors (Lipinski definition) is 2. The Hall–Kier alpha value is -1.96. The zero-order valence-corrected chi connectivity index (χ0v) is 22.8. The zero-order valence-electron chi connectivity index (χ0n) is 22.8. The van der Waals surface area contributed by atoms with Gasteiger partial charge in [0.25, 0.3) is 0 Å². The van der Waals surface area contributed by atoms with Crippen molar-refractivity contribution in [1.82, 2.24) is 0 Å². The molecule has 2 heteroatoms. The van der Waals surface area contributed by atoms with Crippen LogP contribution in [-0.2, 0) is 25.7 Å². The summed E-state index contributed by atoms with van der Waals surface area (Å²) >= 11 is 0. The number of nitrogens with two attached hydrogens (primary N) is 2. The first-order valence-corrected chi connectivity index (χ1v) is 14.4. The number of unbranched alkanes of at least 4 members (excludes halogenated alkanes) is 8. The van der Waals surface area contributed by atoms with Gasteiger partial charge >= 0.3 is 0 Å². The van der Waals surface area contributed by atoms with E-state index in [9.17, 15) is 0 Å². The second-order valence-corrected chi connectivity index (χ2v) is 10.2. The predicted octanol–water partition coefficient (Wildman–Crippen LogP) is 9.45. The summed E-state index contributed by atoms with van der Waals surface area (Å²) < 4.78 is 0. The van der Waals surface area contributed by atoms with Gasteiger partial charge in [-0.2, -0.15) is 0 Å². The summed E-state index contributed by atoms with van der Waals surface area (Å²) in [5.41, 5.74) is 23.6. The number of aryl methyl sites for hydroxylation is 4. The van der Waals surface area contributed by atoms with Gasteiger partial charge in [-0.25, -0.2) is 0 Å². The summed E-state index contributed by atoms with van der Waals surface area (Å²) in [4.78, 5) is 0. The fourth-order valence-corrected chi connectivity index (χ4v) is 4.98. The normalized spacial score (nSPS) is 11.3. The van der Waals surface area contributed by atoms with E-state index in [-0.39, 0.29) is 0 Å². The van der Waals surface area contributed by atoms with Crippen molar-refractivity contribution in [2.75, 3.05) is 11.5 Å². The number of hydrogen-bond donors (Lipinski definition) is 2. The molecule has 0 radical (unpaired) electrons. The molecule has 0 amide bonds. The number of rotatable bonds is 17.